The van der Waals surface area contributed by atoms with Crippen LogP contribution >= 0.6 is 0 Å². The molecule has 0 saturated carbocycles. The number of aliphatic hydroxyl groups excluding tert-OH is 1. The molecule has 0 aliphatic carbocycles. The van der Waals surface area contributed by atoms with Gasteiger partial charge in [-0.1, -0.05) is 30.3 Å². The van der Waals surface area contributed by atoms with Crippen LogP contribution in [0.3, 0.4) is 0 Å². The van der Waals surface area contributed by atoms with Crippen LogP contribution < -0.4 is 0 Å². The van der Waals surface area contributed by atoms with Gasteiger partial charge in [0.05, 0.1) is 11.5 Å². The lowest BCUT2D eigenvalue weighted by Crippen LogP contribution is -2.33. The van der Waals surface area contributed by atoms with Crippen LogP contribution in [0.25, 0.3) is 0 Å². The maximum absolute atomic E-state index is 13.1. The molecule has 0 fully saturated rings. The minimum Gasteiger partial charge on any atom is -0.395 e. The normalized spacial score (nSPS) is 11.6. The number of aliphatic hydroxyl groups is 1. The Morgan fingerprint density at radius 3 is 2.38 bits per heavy atom. The fourth-order valence-electron chi connectivity index (χ4n) is 2.57. The number of amides is 1. The van der Waals surface area contributed by atoms with Gasteiger partial charge in [0.1, 0.15) is 0 Å². The van der Waals surface area contributed by atoms with E-state index >= 15 is 0 Å². The summed E-state index contributed by atoms with van der Waals surface area (Å²) in [6.45, 7) is 1.75. The van der Waals surface area contributed by atoms with Crippen LogP contribution in [-0.2, 0) is 16.6 Å². The number of hydrogen-bond donors (Lipinski definition) is 1. The van der Waals surface area contributed by atoms with Crippen LogP contribution in [0.4, 0.5) is 0 Å². The lowest BCUT2D eigenvalue weighted by atomic mass is 10.1. The van der Waals surface area contributed by atoms with E-state index in [4.69, 9.17) is 0 Å². The first-order valence-electron chi connectivity index (χ1n) is 8.24. The molecule has 0 saturated heterocycles. The van der Waals surface area contributed by atoms with Gasteiger partial charge in [-0.25, -0.2) is 8.42 Å². The van der Waals surface area contributed by atoms with Crippen molar-refractivity contribution in [2.75, 3.05) is 27.2 Å². The van der Waals surface area contributed by atoms with Gasteiger partial charge in [-0.3, -0.25) is 4.79 Å². The molecule has 2 rings (SSSR count). The average Bonchev–Trinajstić information content (AvgIpc) is 2.62. The summed E-state index contributed by atoms with van der Waals surface area (Å²) >= 11 is 0. The molecule has 7 heteroatoms. The Labute approximate surface area is 154 Å². The third-order valence-electron chi connectivity index (χ3n) is 4.08. The van der Waals surface area contributed by atoms with Gasteiger partial charge in [0.2, 0.25) is 10.0 Å². The summed E-state index contributed by atoms with van der Waals surface area (Å²) < 4.78 is 27.4. The molecular weight excluding hydrogens is 352 g/mol. The zero-order chi connectivity index (χ0) is 19.3. The van der Waals surface area contributed by atoms with Crippen molar-refractivity contribution < 1.29 is 18.3 Å². The quantitative estimate of drug-likeness (QED) is 0.800. The molecule has 0 aliphatic rings. The minimum absolute atomic E-state index is 0.0253. The van der Waals surface area contributed by atoms with Gasteiger partial charge < -0.3 is 10.0 Å². The summed E-state index contributed by atoms with van der Waals surface area (Å²) in [5, 5.41) is 9.34. The molecule has 0 aliphatic heterocycles. The van der Waals surface area contributed by atoms with Crippen molar-refractivity contribution in [3.8, 4) is 0 Å². The second kappa shape index (κ2) is 8.44. The molecule has 0 aromatic heterocycles. The Morgan fingerprint density at radius 1 is 1.08 bits per heavy atom. The van der Waals surface area contributed by atoms with Crippen molar-refractivity contribution >= 4 is 15.9 Å². The van der Waals surface area contributed by atoms with E-state index < -0.39 is 10.0 Å². The minimum atomic E-state index is -3.86. The van der Waals surface area contributed by atoms with Crippen LogP contribution in [-0.4, -0.2) is 55.9 Å². The molecule has 2 aromatic carbocycles. The fraction of sp³-hybridized carbons (Fsp3) is 0.316. The number of nitrogens with zero attached hydrogens (tertiary/aromatic N) is 2. The van der Waals surface area contributed by atoms with Crippen molar-refractivity contribution in [3.63, 3.8) is 0 Å². The molecule has 140 valence electrons. The topological polar surface area (TPSA) is 77.9 Å². The first-order valence-corrected chi connectivity index (χ1v) is 9.68. The van der Waals surface area contributed by atoms with E-state index in [0.717, 1.165) is 11.1 Å². The van der Waals surface area contributed by atoms with E-state index in [1.165, 1.54) is 21.3 Å². The molecule has 0 bridgehead atoms. The molecule has 0 radical (unpaired) electrons. The standard InChI is InChI=1S/C19H24N2O4S/c1-15-7-4-5-8-17(15)14-21(11-12-22)26(24,25)18-10-6-9-16(13-18)19(23)20(2)3/h4-10,13,22H,11-12,14H2,1-3H3. The van der Waals surface area contributed by atoms with Crippen LogP contribution in [0.5, 0.6) is 0 Å². The third-order valence-corrected chi connectivity index (χ3v) is 5.92. The van der Waals surface area contributed by atoms with E-state index in [-0.39, 0.29) is 30.5 Å². The Hall–Kier alpha value is -2.22. The lowest BCUT2D eigenvalue weighted by molar-refractivity contribution is 0.0827. The van der Waals surface area contributed by atoms with Gasteiger partial charge in [0.25, 0.3) is 5.91 Å². The molecule has 2 aromatic rings. The first-order chi connectivity index (χ1) is 12.3. The second-order valence-electron chi connectivity index (χ2n) is 6.22. The molecule has 0 atom stereocenters. The zero-order valence-electron chi connectivity index (χ0n) is 15.2. The van der Waals surface area contributed by atoms with E-state index in [1.54, 1.807) is 26.2 Å². The number of carbonyl (C=O) groups is 1. The summed E-state index contributed by atoms with van der Waals surface area (Å²) in [5.41, 5.74) is 2.14. The highest BCUT2D eigenvalue weighted by molar-refractivity contribution is 7.89. The SMILES string of the molecule is Cc1ccccc1CN(CCO)S(=O)(=O)c1cccc(C(=O)N(C)C)c1. The average molecular weight is 376 g/mol. The van der Waals surface area contributed by atoms with Crippen LogP contribution in [0.1, 0.15) is 21.5 Å². The Kier molecular flexibility index (Phi) is 6.52. The van der Waals surface area contributed by atoms with Gasteiger partial charge in [-0.15, -0.1) is 0 Å². The molecule has 26 heavy (non-hydrogen) atoms. The Bertz CT molecular complexity index is 879. The third kappa shape index (κ3) is 4.49. The van der Waals surface area contributed by atoms with Gasteiger partial charge in [-0.2, -0.15) is 4.31 Å². The predicted octanol–water partition coefficient (Wildman–Crippen LogP) is 1.88. The van der Waals surface area contributed by atoms with E-state index in [0.29, 0.717) is 5.56 Å². The lowest BCUT2D eigenvalue weighted by Gasteiger charge is -2.22. The Balaban J connectivity index is 2.40. The smallest absolute Gasteiger partial charge is 0.253 e. The predicted molar refractivity (Wildman–Crippen MR) is 100 cm³/mol. The summed E-state index contributed by atoms with van der Waals surface area (Å²) in [4.78, 5) is 13.6. The number of rotatable bonds is 7. The highest BCUT2D eigenvalue weighted by Crippen LogP contribution is 2.21. The first kappa shape index (κ1) is 20.1. The fourth-order valence-corrected chi connectivity index (χ4v) is 4.03. The van der Waals surface area contributed by atoms with Gasteiger partial charge >= 0.3 is 0 Å². The van der Waals surface area contributed by atoms with Gasteiger partial charge in [0, 0.05) is 32.7 Å². The van der Waals surface area contributed by atoms with E-state index in [1.807, 2.05) is 31.2 Å². The number of aryl methyl sites for hydroxylation is 1. The second-order valence-corrected chi connectivity index (χ2v) is 8.15. The Morgan fingerprint density at radius 2 is 1.77 bits per heavy atom. The maximum Gasteiger partial charge on any atom is 0.253 e. The number of benzene rings is 2. The van der Waals surface area contributed by atoms with E-state index in [2.05, 4.69) is 0 Å². The summed E-state index contributed by atoms with van der Waals surface area (Å²) in [7, 11) is -0.636. The molecule has 1 N–H and O–H groups in total. The maximum atomic E-state index is 13.1. The zero-order valence-corrected chi connectivity index (χ0v) is 16.0. The van der Waals surface area contributed by atoms with Crippen molar-refractivity contribution in [1.82, 2.24) is 9.21 Å². The highest BCUT2D eigenvalue weighted by Gasteiger charge is 2.25. The molecular formula is C19H24N2O4S. The molecule has 0 heterocycles. The van der Waals surface area contributed by atoms with Gasteiger partial charge in [-0.05, 0) is 36.2 Å². The van der Waals surface area contributed by atoms with Crippen molar-refractivity contribution in [3.05, 3.63) is 65.2 Å². The van der Waals surface area contributed by atoms with Crippen LogP contribution in [0.2, 0.25) is 0 Å². The van der Waals surface area contributed by atoms with Crippen LogP contribution in [0, 0.1) is 6.92 Å². The van der Waals surface area contributed by atoms with E-state index in [9.17, 15) is 18.3 Å². The number of sulfonamides is 1. The summed E-state index contributed by atoms with van der Waals surface area (Å²) in [5.74, 6) is -0.269. The number of hydrogen-bond acceptors (Lipinski definition) is 4. The van der Waals surface area contributed by atoms with Crippen molar-refractivity contribution in [1.29, 1.82) is 0 Å². The molecule has 1 amide bonds. The molecule has 0 unspecified atom stereocenters. The largest absolute Gasteiger partial charge is 0.395 e. The van der Waals surface area contributed by atoms with Crippen molar-refractivity contribution in [2.45, 2.75) is 18.4 Å². The molecule has 6 nitrogen and oxygen atoms in total. The number of carbonyl (C=O) groups excluding carboxylic acids is 1. The van der Waals surface area contributed by atoms with Crippen LogP contribution in [0.15, 0.2) is 53.4 Å². The molecule has 0 spiro atoms. The monoisotopic (exact) mass is 376 g/mol. The summed E-state index contributed by atoms with van der Waals surface area (Å²) in [6, 6.07) is 13.5. The summed E-state index contributed by atoms with van der Waals surface area (Å²) in [6.07, 6.45) is 0. The van der Waals surface area contributed by atoms with Gasteiger partial charge in [0.15, 0.2) is 0 Å². The highest BCUT2D eigenvalue weighted by atomic mass is 32.2. The van der Waals surface area contributed by atoms with Crippen molar-refractivity contribution in [2.24, 2.45) is 0 Å².